The average molecular weight is 297 g/mol. The Bertz CT molecular complexity index is 614. The lowest BCUT2D eigenvalue weighted by molar-refractivity contribution is 0.793. The van der Waals surface area contributed by atoms with E-state index in [1.807, 2.05) is 12.5 Å². The summed E-state index contributed by atoms with van der Waals surface area (Å²) in [5, 5.41) is 6.74. The van der Waals surface area contributed by atoms with Gasteiger partial charge in [-0.05, 0) is 30.9 Å². The fourth-order valence-corrected chi connectivity index (χ4v) is 2.33. The monoisotopic (exact) mass is 297 g/mol. The number of imidazole rings is 1. The highest BCUT2D eigenvalue weighted by Crippen LogP contribution is 2.18. The van der Waals surface area contributed by atoms with Gasteiger partial charge in [0.05, 0.1) is 12.9 Å². The van der Waals surface area contributed by atoms with E-state index in [1.54, 1.807) is 6.20 Å². The Morgan fingerprint density at radius 2 is 2.23 bits per heavy atom. The normalized spacial score (nSPS) is 14.9. The summed E-state index contributed by atoms with van der Waals surface area (Å²) >= 11 is 0. The van der Waals surface area contributed by atoms with E-state index >= 15 is 0 Å². The van der Waals surface area contributed by atoms with Gasteiger partial charge in [0.15, 0.2) is 5.96 Å². The molecule has 5 heteroatoms. The van der Waals surface area contributed by atoms with Gasteiger partial charge in [-0.1, -0.05) is 24.3 Å². The van der Waals surface area contributed by atoms with Crippen molar-refractivity contribution in [1.29, 1.82) is 0 Å². The third-order valence-corrected chi connectivity index (χ3v) is 3.60. The number of aliphatic imine (C=N–C) groups is 1. The Balaban J connectivity index is 1.63. The second kappa shape index (κ2) is 7.11. The fourth-order valence-electron chi connectivity index (χ4n) is 2.33. The smallest absolute Gasteiger partial charge is 0.191 e. The molecule has 3 rings (SSSR count). The Morgan fingerprint density at radius 1 is 1.36 bits per heavy atom. The SMILES string of the molecule is CCNC(=NCc1cccc(Cn2ccnc2)c1)NC1CC1. The van der Waals surface area contributed by atoms with E-state index in [9.17, 15) is 0 Å². The predicted octanol–water partition coefficient (Wildman–Crippen LogP) is 2.15. The molecule has 1 aliphatic carbocycles. The minimum Gasteiger partial charge on any atom is -0.357 e. The molecule has 116 valence electrons. The second-order valence-corrected chi connectivity index (χ2v) is 5.67. The van der Waals surface area contributed by atoms with E-state index in [0.717, 1.165) is 19.0 Å². The zero-order valence-corrected chi connectivity index (χ0v) is 13.0. The van der Waals surface area contributed by atoms with Crippen LogP contribution in [0.1, 0.15) is 30.9 Å². The highest BCUT2D eigenvalue weighted by Gasteiger charge is 2.21. The van der Waals surface area contributed by atoms with E-state index in [4.69, 9.17) is 0 Å². The molecule has 0 bridgehead atoms. The summed E-state index contributed by atoms with van der Waals surface area (Å²) in [4.78, 5) is 8.76. The van der Waals surface area contributed by atoms with E-state index in [2.05, 4.69) is 56.4 Å². The van der Waals surface area contributed by atoms with Gasteiger partial charge in [-0.3, -0.25) is 0 Å². The van der Waals surface area contributed by atoms with Gasteiger partial charge in [0.25, 0.3) is 0 Å². The van der Waals surface area contributed by atoms with Crippen LogP contribution in [0.25, 0.3) is 0 Å². The lowest BCUT2D eigenvalue weighted by Crippen LogP contribution is -2.38. The first-order chi connectivity index (χ1) is 10.8. The minimum absolute atomic E-state index is 0.616. The van der Waals surface area contributed by atoms with E-state index in [1.165, 1.54) is 24.0 Å². The Kier molecular flexibility index (Phi) is 4.73. The third kappa shape index (κ3) is 4.35. The molecule has 0 amide bonds. The number of aromatic nitrogens is 2. The molecule has 0 aliphatic heterocycles. The highest BCUT2D eigenvalue weighted by atomic mass is 15.2. The molecule has 0 atom stereocenters. The van der Waals surface area contributed by atoms with Gasteiger partial charge >= 0.3 is 0 Å². The van der Waals surface area contributed by atoms with Crippen LogP contribution in [0.15, 0.2) is 48.0 Å². The molecule has 2 aromatic rings. The maximum Gasteiger partial charge on any atom is 0.191 e. The van der Waals surface area contributed by atoms with Gasteiger partial charge in [0.1, 0.15) is 0 Å². The van der Waals surface area contributed by atoms with E-state index < -0.39 is 0 Å². The van der Waals surface area contributed by atoms with Crippen molar-refractivity contribution < 1.29 is 0 Å². The van der Waals surface area contributed by atoms with Crippen molar-refractivity contribution in [3.8, 4) is 0 Å². The quantitative estimate of drug-likeness (QED) is 0.634. The molecule has 0 spiro atoms. The molecule has 1 aliphatic rings. The van der Waals surface area contributed by atoms with Crippen LogP contribution in [0.4, 0.5) is 0 Å². The van der Waals surface area contributed by atoms with E-state index in [-0.39, 0.29) is 0 Å². The molecule has 0 radical (unpaired) electrons. The van der Waals surface area contributed by atoms with Crippen molar-refractivity contribution in [3.05, 3.63) is 54.1 Å². The first kappa shape index (κ1) is 14.6. The van der Waals surface area contributed by atoms with Gasteiger partial charge < -0.3 is 15.2 Å². The van der Waals surface area contributed by atoms with Crippen LogP contribution in [-0.2, 0) is 13.1 Å². The molecule has 1 fully saturated rings. The number of rotatable bonds is 6. The van der Waals surface area contributed by atoms with Gasteiger partial charge in [-0.15, -0.1) is 0 Å². The summed E-state index contributed by atoms with van der Waals surface area (Å²) in [6, 6.07) is 9.19. The number of benzene rings is 1. The lowest BCUT2D eigenvalue weighted by Gasteiger charge is -2.10. The maximum atomic E-state index is 4.68. The number of nitrogens with zero attached hydrogens (tertiary/aromatic N) is 3. The average Bonchev–Trinajstić information content (AvgIpc) is 3.19. The minimum atomic E-state index is 0.616. The highest BCUT2D eigenvalue weighted by molar-refractivity contribution is 5.80. The van der Waals surface area contributed by atoms with Crippen molar-refractivity contribution >= 4 is 5.96 Å². The molecule has 22 heavy (non-hydrogen) atoms. The lowest BCUT2D eigenvalue weighted by atomic mass is 10.1. The number of hydrogen-bond donors (Lipinski definition) is 2. The number of hydrogen-bond acceptors (Lipinski definition) is 2. The van der Waals surface area contributed by atoms with Crippen LogP contribution in [0, 0.1) is 0 Å². The predicted molar refractivity (Wildman–Crippen MR) is 88.7 cm³/mol. The zero-order chi connectivity index (χ0) is 15.2. The van der Waals surface area contributed by atoms with Crippen LogP contribution < -0.4 is 10.6 Å². The van der Waals surface area contributed by atoms with Crippen LogP contribution in [0.3, 0.4) is 0 Å². The van der Waals surface area contributed by atoms with Crippen molar-refractivity contribution in [3.63, 3.8) is 0 Å². The summed E-state index contributed by atoms with van der Waals surface area (Å²) in [6.45, 7) is 4.52. The molecular weight excluding hydrogens is 274 g/mol. The molecule has 2 N–H and O–H groups in total. The summed E-state index contributed by atoms with van der Waals surface area (Å²) < 4.78 is 2.07. The molecule has 1 heterocycles. The van der Waals surface area contributed by atoms with E-state index in [0.29, 0.717) is 12.6 Å². The van der Waals surface area contributed by atoms with Gasteiger partial charge in [0.2, 0.25) is 0 Å². The molecular formula is C17H23N5. The first-order valence-corrected chi connectivity index (χ1v) is 7.92. The van der Waals surface area contributed by atoms with Crippen LogP contribution in [0.5, 0.6) is 0 Å². The molecule has 0 unspecified atom stereocenters. The largest absolute Gasteiger partial charge is 0.357 e. The second-order valence-electron chi connectivity index (χ2n) is 5.67. The van der Waals surface area contributed by atoms with Gasteiger partial charge in [-0.25, -0.2) is 9.98 Å². The summed E-state index contributed by atoms with van der Waals surface area (Å²) in [5.41, 5.74) is 2.50. The van der Waals surface area contributed by atoms with Crippen molar-refractivity contribution in [2.24, 2.45) is 4.99 Å². The van der Waals surface area contributed by atoms with Crippen LogP contribution >= 0.6 is 0 Å². The van der Waals surface area contributed by atoms with Crippen molar-refractivity contribution in [1.82, 2.24) is 20.2 Å². The zero-order valence-electron chi connectivity index (χ0n) is 13.0. The van der Waals surface area contributed by atoms with Gasteiger partial charge in [0, 0.05) is 31.5 Å². The third-order valence-electron chi connectivity index (χ3n) is 3.60. The summed E-state index contributed by atoms with van der Waals surface area (Å²) in [7, 11) is 0. The van der Waals surface area contributed by atoms with Crippen LogP contribution in [-0.4, -0.2) is 28.1 Å². The standard InChI is InChI=1S/C17H23N5/c1-2-19-17(21-16-6-7-16)20-11-14-4-3-5-15(10-14)12-22-9-8-18-13-22/h3-5,8-10,13,16H,2,6-7,11-12H2,1H3,(H2,19,20,21). The molecule has 5 nitrogen and oxygen atoms in total. The molecule has 1 saturated carbocycles. The maximum absolute atomic E-state index is 4.68. The Morgan fingerprint density at radius 3 is 2.95 bits per heavy atom. The molecule has 1 aromatic carbocycles. The first-order valence-electron chi connectivity index (χ1n) is 7.92. The molecule has 1 aromatic heterocycles. The van der Waals surface area contributed by atoms with Crippen molar-refractivity contribution in [2.75, 3.05) is 6.54 Å². The summed E-state index contributed by atoms with van der Waals surface area (Å²) in [5.74, 6) is 0.921. The Labute approximate surface area is 131 Å². The number of guanidine groups is 1. The summed E-state index contributed by atoms with van der Waals surface area (Å²) in [6.07, 6.45) is 8.14. The Hall–Kier alpha value is -2.30. The van der Waals surface area contributed by atoms with Crippen LogP contribution in [0.2, 0.25) is 0 Å². The topological polar surface area (TPSA) is 54.2 Å². The fraction of sp³-hybridized carbons (Fsp3) is 0.412. The van der Waals surface area contributed by atoms with Crippen molar-refractivity contribution in [2.45, 2.75) is 38.9 Å². The molecule has 0 saturated heterocycles. The number of nitrogens with one attached hydrogen (secondary N) is 2. The van der Waals surface area contributed by atoms with Gasteiger partial charge in [-0.2, -0.15) is 0 Å².